The van der Waals surface area contributed by atoms with Crippen LogP contribution in [0.25, 0.3) is 0 Å². The molecule has 1 aromatic heterocycles. The van der Waals surface area contributed by atoms with E-state index in [0.29, 0.717) is 6.04 Å². The van der Waals surface area contributed by atoms with Crippen molar-refractivity contribution < 1.29 is 4.74 Å². The molecule has 1 aliphatic rings. The van der Waals surface area contributed by atoms with Gasteiger partial charge in [0, 0.05) is 49.4 Å². The lowest BCUT2D eigenvalue weighted by molar-refractivity contribution is 0.272. The summed E-state index contributed by atoms with van der Waals surface area (Å²) in [5, 5.41) is 0. The Morgan fingerprint density at radius 2 is 2.41 bits per heavy atom. The maximum atomic E-state index is 5.32. The highest BCUT2D eigenvalue weighted by atomic mass is 16.5. The monoisotopic (exact) mass is 231 g/mol. The van der Waals surface area contributed by atoms with E-state index >= 15 is 0 Å². The van der Waals surface area contributed by atoms with Crippen molar-refractivity contribution in [2.24, 2.45) is 4.99 Å². The first-order valence-electron chi connectivity index (χ1n) is 5.66. The summed E-state index contributed by atoms with van der Waals surface area (Å²) in [4.78, 5) is 10.5. The lowest BCUT2D eigenvalue weighted by Gasteiger charge is -2.25. The van der Waals surface area contributed by atoms with Gasteiger partial charge in [0.25, 0.3) is 0 Å². The minimum Gasteiger partial charge on any atom is -0.496 e. The second-order valence-electron chi connectivity index (χ2n) is 4.08. The summed E-state index contributed by atoms with van der Waals surface area (Å²) in [5.74, 6) is 0.889. The van der Waals surface area contributed by atoms with Gasteiger partial charge in [0.05, 0.1) is 7.11 Å². The highest BCUT2D eigenvalue weighted by Gasteiger charge is 2.14. The van der Waals surface area contributed by atoms with Crippen LogP contribution >= 0.6 is 0 Å². The first-order chi connectivity index (χ1) is 8.31. The Balaban J connectivity index is 2.04. The summed E-state index contributed by atoms with van der Waals surface area (Å²) in [6, 6.07) is 2.29. The molecule has 0 fully saturated rings. The standard InChI is InChI=1S/C13H17N3O/c1-16(12-3-6-14-7-4-12)10-11-9-15-8-5-13(11)17-2/h3,5-9,12H,4,10H2,1-2H3. The average molecular weight is 231 g/mol. The number of ether oxygens (including phenoxy) is 1. The van der Waals surface area contributed by atoms with Gasteiger partial charge in [0.15, 0.2) is 0 Å². The Morgan fingerprint density at radius 1 is 1.53 bits per heavy atom. The van der Waals surface area contributed by atoms with Crippen LogP contribution in [0.15, 0.2) is 35.7 Å². The highest BCUT2D eigenvalue weighted by molar-refractivity contribution is 5.60. The normalized spacial score (nSPS) is 18.6. The summed E-state index contributed by atoms with van der Waals surface area (Å²) in [6.45, 7) is 0.819. The van der Waals surface area contributed by atoms with Crippen LogP contribution in [0.5, 0.6) is 5.75 Å². The molecule has 2 rings (SSSR count). The van der Waals surface area contributed by atoms with E-state index in [-0.39, 0.29) is 0 Å². The molecular formula is C13H17N3O. The van der Waals surface area contributed by atoms with Gasteiger partial charge in [-0.2, -0.15) is 0 Å². The Bertz CT molecular complexity index is 428. The van der Waals surface area contributed by atoms with E-state index in [0.717, 1.165) is 24.3 Å². The maximum absolute atomic E-state index is 5.32. The van der Waals surface area contributed by atoms with Gasteiger partial charge >= 0.3 is 0 Å². The largest absolute Gasteiger partial charge is 0.496 e. The summed E-state index contributed by atoms with van der Waals surface area (Å²) in [7, 11) is 3.78. The summed E-state index contributed by atoms with van der Waals surface area (Å²) >= 11 is 0. The van der Waals surface area contributed by atoms with E-state index in [1.54, 1.807) is 13.3 Å². The van der Waals surface area contributed by atoms with Gasteiger partial charge in [-0.3, -0.25) is 14.9 Å². The Labute approximate surface area is 102 Å². The van der Waals surface area contributed by atoms with Crippen LogP contribution in [0.4, 0.5) is 0 Å². The lowest BCUT2D eigenvalue weighted by Crippen LogP contribution is -2.30. The van der Waals surface area contributed by atoms with Gasteiger partial charge in [-0.25, -0.2) is 0 Å². The van der Waals surface area contributed by atoms with Gasteiger partial charge in [-0.05, 0) is 19.2 Å². The Kier molecular flexibility index (Phi) is 3.88. The van der Waals surface area contributed by atoms with Crippen LogP contribution in [0.1, 0.15) is 12.0 Å². The fraction of sp³-hybridized carbons (Fsp3) is 0.385. The zero-order valence-electron chi connectivity index (χ0n) is 10.2. The van der Waals surface area contributed by atoms with Crippen molar-refractivity contribution >= 4 is 6.21 Å². The lowest BCUT2D eigenvalue weighted by atomic mass is 10.1. The predicted molar refractivity (Wildman–Crippen MR) is 68.3 cm³/mol. The van der Waals surface area contributed by atoms with Crippen molar-refractivity contribution in [3.05, 3.63) is 36.3 Å². The molecule has 0 bridgehead atoms. The topological polar surface area (TPSA) is 37.7 Å². The molecule has 0 spiro atoms. The second-order valence-corrected chi connectivity index (χ2v) is 4.08. The fourth-order valence-electron chi connectivity index (χ4n) is 1.90. The molecule has 0 saturated carbocycles. The third kappa shape index (κ3) is 2.91. The van der Waals surface area contributed by atoms with Crippen molar-refractivity contribution in [1.29, 1.82) is 0 Å². The molecular weight excluding hydrogens is 214 g/mol. The number of pyridine rings is 1. The number of aromatic nitrogens is 1. The van der Waals surface area contributed by atoms with Crippen LogP contribution in [0, 0.1) is 0 Å². The van der Waals surface area contributed by atoms with Crippen molar-refractivity contribution in [3.8, 4) is 5.75 Å². The van der Waals surface area contributed by atoms with Crippen molar-refractivity contribution in [3.63, 3.8) is 0 Å². The highest BCUT2D eigenvalue weighted by Crippen LogP contribution is 2.19. The minimum absolute atomic E-state index is 0.400. The van der Waals surface area contributed by atoms with Crippen LogP contribution in [0.3, 0.4) is 0 Å². The first kappa shape index (κ1) is 11.8. The molecule has 0 radical (unpaired) electrons. The maximum Gasteiger partial charge on any atom is 0.126 e. The first-order valence-corrected chi connectivity index (χ1v) is 5.66. The fourth-order valence-corrected chi connectivity index (χ4v) is 1.90. The zero-order valence-corrected chi connectivity index (χ0v) is 10.2. The van der Waals surface area contributed by atoms with Crippen LogP contribution in [0.2, 0.25) is 0 Å². The number of nitrogens with zero attached hydrogens (tertiary/aromatic N) is 3. The molecule has 0 aliphatic carbocycles. The van der Waals surface area contributed by atoms with E-state index in [9.17, 15) is 0 Å². The molecule has 4 nitrogen and oxygen atoms in total. The van der Waals surface area contributed by atoms with Gasteiger partial charge in [-0.15, -0.1) is 0 Å². The molecule has 17 heavy (non-hydrogen) atoms. The number of hydrogen-bond donors (Lipinski definition) is 0. The number of aliphatic imine (C=N–C) groups is 1. The molecule has 90 valence electrons. The van der Waals surface area contributed by atoms with E-state index in [1.807, 2.05) is 24.7 Å². The minimum atomic E-state index is 0.400. The van der Waals surface area contributed by atoms with Crippen molar-refractivity contribution in [2.45, 2.75) is 19.0 Å². The van der Waals surface area contributed by atoms with E-state index in [4.69, 9.17) is 4.74 Å². The second kappa shape index (κ2) is 5.59. The summed E-state index contributed by atoms with van der Waals surface area (Å²) in [5.41, 5.74) is 1.11. The SMILES string of the molecule is COc1ccncc1CN(C)C1C=CN=CC1. The third-order valence-electron chi connectivity index (χ3n) is 2.91. The number of hydrogen-bond acceptors (Lipinski definition) is 4. The van der Waals surface area contributed by atoms with E-state index < -0.39 is 0 Å². The molecule has 0 saturated heterocycles. The molecule has 0 N–H and O–H groups in total. The summed E-state index contributed by atoms with van der Waals surface area (Å²) < 4.78 is 5.32. The molecule has 4 heteroatoms. The van der Waals surface area contributed by atoms with Gasteiger partial charge < -0.3 is 4.74 Å². The smallest absolute Gasteiger partial charge is 0.126 e. The Hall–Kier alpha value is -1.68. The predicted octanol–water partition coefficient (Wildman–Crippen LogP) is 1.88. The molecule has 0 aromatic carbocycles. The molecule has 2 heterocycles. The van der Waals surface area contributed by atoms with Gasteiger partial charge in [0.1, 0.15) is 5.75 Å². The molecule has 1 atom stereocenters. The number of methoxy groups -OCH3 is 1. The Morgan fingerprint density at radius 3 is 3.12 bits per heavy atom. The zero-order chi connectivity index (χ0) is 12.1. The molecule has 1 aromatic rings. The van der Waals surface area contributed by atoms with Gasteiger partial charge in [-0.1, -0.05) is 0 Å². The molecule has 1 aliphatic heterocycles. The summed E-state index contributed by atoms with van der Waals surface area (Å²) in [6.07, 6.45) is 10.5. The van der Waals surface area contributed by atoms with Crippen LogP contribution < -0.4 is 4.74 Å². The quantitative estimate of drug-likeness (QED) is 0.794. The third-order valence-corrected chi connectivity index (χ3v) is 2.91. The van der Waals surface area contributed by atoms with Crippen LogP contribution in [-0.2, 0) is 6.54 Å². The average Bonchev–Trinajstić information content (AvgIpc) is 2.40. The number of likely N-dealkylation sites (N-methyl/N-ethyl adjacent to an activating group) is 1. The van der Waals surface area contributed by atoms with Crippen LogP contribution in [-0.4, -0.2) is 36.3 Å². The molecule has 0 amide bonds. The van der Waals surface area contributed by atoms with Gasteiger partial charge in [0.2, 0.25) is 0 Å². The molecule has 1 unspecified atom stereocenters. The van der Waals surface area contributed by atoms with Crippen molar-refractivity contribution in [1.82, 2.24) is 9.88 Å². The van der Waals surface area contributed by atoms with E-state index in [1.165, 1.54) is 0 Å². The van der Waals surface area contributed by atoms with E-state index in [2.05, 4.69) is 28.0 Å². The number of rotatable bonds is 4. The van der Waals surface area contributed by atoms with Crippen molar-refractivity contribution in [2.75, 3.05) is 14.2 Å².